The Morgan fingerprint density at radius 1 is 1.15 bits per heavy atom. The lowest BCUT2D eigenvalue weighted by Crippen LogP contribution is -2.17. The quantitative estimate of drug-likeness (QED) is 0.247. The summed E-state index contributed by atoms with van der Waals surface area (Å²) in [5.41, 5.74) is 1.48. The number of hydrogen-bond donors (Lipinski definition) is 1. The van der Waals surface area contributed by atoms with Crippen LogP contribution in [0, 0.1) is 0 Å². The fourth-order valence-electron chi connectivity index (χ4n) is 2.03. The standard InChI is InChI=1S/C16H23NO3/c1-2-20-16(18)15(17-19)13-9-4-3-6-10-14-11-7-5-8-12-14/h5,7-8,11-12,19H,2-4,6,9-10,13H2,1H3. The second kappa shape index (κ2) is 10.0. The molecule has 4 nitrogen and oxygen atoms in total. The Morgan fingerprint density at radius 3 is 2.50 bits per heavy atom. The van der Waals surface area contributed by atoms with E-state index in [0.29, 0.717) is 13.0 Å². The fraction of sp³-hybridized carbons (Fsp3) is 0.500. The van der Waals surface area contributed by atoms with Crippen LogP contribution in [0.4, 0.5) is 0 Å². The van der Waals surface area contributed by atoms with Crippen LogP contribution in [0.5, 0.6) is 0 Å². The minimum Gasteiger partial charge on any atom is -0.461 e. The minimum absolute atomic E-state index is 0.120. The Hall–Kier alpha value is -1.84. The summed E-state index contributed by atoms with van der Waals surface area (Å²) in [6, 6.07) is 10.4. The van der Waals surface area contributed by atoms with Gasteiger partial charge in [-0.05, 0) is 31.7 Å². The van der Waals surface area contributed by atoms with Gasteiger partial charge in [0, 0.05) is 6.42 Å². The lowest BCUT2D eigenvalue weighted by molar-refractivity contribution is -0.135. The van der Waals surface area contributed by atoms with Gasteiger partial charge in [-0.2, -0.15) is 0 Å². The van der Waals surface area contributed by atoms with Crippen LogP contribution in [0.2, 0.25) is 0 Å². The van der Waals surface area contributed by atoms with Crippen molar-refractivity contribution in [3.63, 3.8) is 0 Å². The molecule has 0 unspecified atom stereocenters. The highest BCUT2D eigenvalue weighted by atomic mass is 16.5. The SMILES string of the molecule is CCOC(=O)C(CCCCCCc1ccccc1)=NO. The monoisotopic (exact) mass is 277 g/mol. The van der Waals surface area contributed by atoms with Crippen LogP contribution in [-0.4, -0.2) is 23.5 Å². The Balaban J connectivity index is 2.11. The van der Waals surface area contributed by atoms with E-state index in [1.54, 1.807) is 6.92 Å². The summed E-state index contributed by atoms with van der Waals surface area (Å²) in [6.07, 6.45) is 5.66. The number of esters is 1. The van der Waals surface area contributed by atoms with Crippen LogP contribution >= 0.6 is 0 Å². The van der Waals surface area contributed by atoms with Crippen molar-refractivity contribution in [3.8, 4) is 0 Å². The van der Waals surface area contributed by atoms with Crippen molar-refractivity contribution in [1.82, 2.24) is 0 Å². The van der Waals surface area contributed by atoms with Crippen molar-refractivity contribution in [2.45, 2.75) is 45.4 Å². The van der Waals surface area contributed by atoms with E-state index in [4.69, 9.17) is 9.94 Å². The van der Waals surface area contributed by atoms with E-state index in [1.807, 2.05) is 6.07 Å². The molecule has 0 amide bonds. The summed E-state index contributed by atoms with van der Waals surface area (Å²) in [7, 11) is 0. The average molecular weight is 277 g/mol. The summed E-state index contributed by atoms with van der Waals surface area (Å²) in [4.78, 5) is 11.4. The van der Waals surface area contributed by atoms with Gasteiger partial charge in [0.1, 0.15) is 0 Å². The van der Waals surface area contributed by atoms with E-state index in [1.165, 1.54) is 5.56 Å². The highest BCUT2D eigenvalue weighted by molar-refractivity contribution is 6.36. The van der Waals surface area contributed by atoms with Crippen LogP contribution in [0.3, 0.4) is 0 Å². The zero-order valence-electron chi connectivity index (χ0n) is 12.0. The topological polar surface area (TPSA) is 58.9 Å². The van der Waals surface area contributed by atoms with E-state index in [2.05, 4.69) is 29.4 Å². The lowest BCUT2D eigenvalue weighted by Gasteiger charge is -2.04. The third kappa shape index (κ3) is 6.36. The summed E-state index contributed by atoms with van der Waals surface area (Å²) in [5.74, 6) is -0.515. The fourth-order valence-corrected chi connectivity index (χ4v) is 2.03. The van der Waals surface area contributed by atoms with Gasteiger partial charge in [-0.3, -0.25) is 0 Å². The number of aryl methyl sites for hydroxylation is 1. The maximum Gasteiger partial charge on any atom is 0.356 e. The molecule has 20 heavy (non-hydrogen) atoms. The molecule has 4 heteroatoms. The second-order valence-corrected chi connectivity index (χ2v) is 4.67. The van der Waals surface area contributed by atoms with Gasteiger partial charge < -0.3 is 9.94 Å². The number of benzene rings is 1. The largest absolute Gasteiger partial charge is 0.461 e. The minimum atomic E-state index is -0.515. The van der Waals surface area contributed by atoms with Crippen LogP contribution in [0.25, 0.3) is 0 Å². The van der Waals surface area contributed by atoms with Gasteiger partial charge >= 0.3 is 5.97 Å². The number of carbonyl (C=O) groups is 1. The number of unbranched alkanes of at least 4 members (excludes halogenated alkanes) is 3. The first-order chi connectivity index (χ1) is 9.77. The van der Waals surface area contributed by atoms with Gasteiger partial charge in [0.2, 0.25) is 0 Å². The molecule has 1 rings (SSSR count). The second-order valence-electron chi connectivity index (χ2n) is 4.67. The van der Waals surface area contributed by atoms with E-state index in [9.17, 15) is 4.79 Å². The smallest absolute Gasteiger partial charge is 0.356 e. The Kier molecular flexibility index (Phi) is 8.11. The van der Waals surface area contributed by atoms with Gasteiger partial charge in [0.25, 0.3) is 0 Å². The van der Waals surface area contributed by atoms with Crippen molar-refractivity contribution in [2.75, 3.05) is 6.61 Å². The van der Waals surface area contributed by atoms with Crippen molar-refractivity contribution in [2.24, 2.45) is 5.16 Å². The van der Waals surface area contributed by atoms with Crippen LogP contribution in [-0.2, 0) is 16.0 Å². The van der Waals surface area contributed by atoms with E-state index in [0.717, 1.165) is 32.1 Å². The highest BCUT2D eigenvalue weighted by Gasteiger charge is 2.12. The maximum atomic E-state index is 11.4. The molecule has 0 fully saturated rings. The number of oxime groups is 1. The predicted octanol–water partition coefficient (Wildman–Crippen LogP) is 3.57. The number of nitrogens with zero attached hydrogens (tertiary/aromatic N) is 1. The molecule has 110 valence electrons. The molecule has 1 aromatic carbocycles. The number of rotatable bonds is 9. The molecular weight excluding hydrogens is 254 g/mol. The molecule has 0 aromatic heterocycles. The van der Waals surface area contributed by atoms with Crippen molar-refractivity contribution < 1.29 is 14.7 Å². The highest BCUT2D eigenvalue weighted by Crippen LogP contribution is 2.09. The molecule has 0 saturated carbocycles. The molecule has 0 saturated heterocycles. The van der Waals surface area contributed by atoms with E-state index in [-0.39, 0.29) is 5.71 Å². The molecule has 1 aromatic rings. The molecule has 1 N–H and O–H groups in total. The Morgan fingerprint density at radius 2 is 1.85 bits per heavy atom. The normalized spacial score (nSPS) is 11.3. The number of ether oxygens (including phenoxy) is 1. The molecule has 0 aliphatic carbocycles. The third-order valence-corrected chi connectivity index (χ3v) is 3.10. The zero-order chi connectivity index (χ0) is 14.6. The molecule has 0 heterocycles. The van der Waals surface area contributed by atoms with E-state index < -0.39 is 5.97 Å². The third-order valence-electron chi connectivity index (χ3n) is 3.10. The lowest BCUT2D eigenvalue weighted by atomic mass is 10.0. The van der Waals surface area contributed by atoms with Crippen LogP contribution in [0.1, 0.15) is 44.6 Å². The van der Waals surface area contributed by atoms with Gasteiger partial charge in [-0.1, -0.05) is 48.3 Å². The molecule has 0 atom stereocenters. The molecule has 0 aliphatic rings. The zero-order valence-corrected chi connectivity index (χ0v) is 12.0. The Labute approximate surface area is 120 Å². The first-order valence-corrected chi connectivity index (χ1v) is 7.20. The molecule has 0 radical (unpaired) electrons. The van der Waals surface area contributed by atoms with Crippen LogP contribution < -0.4 is 0 Å². The van der Waals surface area contributed by atoms with Gasteiger partial charge in [0.05, 0.1) is 6.61 Å². The molecular formula is C16H23NO3. The number of hydrogen-bond acceptors (Lipinski definition) is 4. The predicted molar refractivity (Wildman–Crippen MR) is 79.1 cm³/mol. The Bertz CT molecular complexity index is 415. The summed E-state index contributed by atoms with van der Waals surface area (Å²) < 4.78 is 4.80. The number of carbonyl (C=O) groups excluding carboxylic acids is 1. The van der Waals surface area contributed by atoms with Crippen molar-refractivity contribution >= 4 is 11.7 Å². The molecule has 0 bridgehead atoms. The summed E-state index contributed by atoms with van der Waals surface area (Å²) >= 11 is 0. The first kappa shape index (κ1) is 16.2. The van der Waals surface area contributed by atoms with E-state index >= 15 is 0 Å². The average Bonchev–Trinajstić information content (AvgIpc) is 2.48. The van der Waals surface area contributed by atoms with Crippen molar-refractivity contribution in [3.05, 3.63) is 35.9 Å². The summed E-state index contributed by atoms with van der Waals surface area (Å²) in [5, 5.41) is 11.8. The van der Waals surface area contributed by atoms with Gasteiger partial charge in [0.15, 0.2) is 5.71 Å². The molecule has 0 spiro atoms. The van der Waals surface area contributed by atoms with Crippen LogP contribution in [0.15, 0.2) is 35.5 Å². The first-order valence-electron chi connectivity index (χ1n) is 7.20. The van der Waals surface area contributed by atoms with Gasteiger partial charge in [-0.15, -0.1) is 0 Å². The van der Waals surface area contributed by atoms with Crippen molar-refractivity contribution in [1.29, 1.82) is 0 Å². The molecule has 0 aliphatic heterocycles. The van der Waals surface area contributed by atoms with Gasteiger partial charge in [-0.25, -0.2) is 4.79 Å². The maximum absolute atomic E-state index is 11.4. The summed E-state index contributed by atoms with van der Waals surface area (Å²) in [6.45, 7) is 2.03.